The molecule has 8 heteroatoms. The first-order valence-electron chi connectivity index (χ1n) is 8.76. The number of anilines is 1. The van der Waals surface area contributed by atoms with Crippen molar-refractivity contribution in [3.05, 3.63) is 53.6 Å². The lowest BCUT2D eigenvalue weighted by molar-refractivity contribution is 0.247. The van der Waals surface area contributed by atoms with E-state index in [0.717, 1.165) is 16.8 Å². The lowest BCUT2D eigenvalue weighted by atomic mass is 10.2. The Balaban J connectivity index is 1.77. The van der Waals surface area contributed by atoms with Crippen molar-refractivity contribution in [1.82, 2.24) is 10.0 Å². The van der Waals surface area contributed by atoms with E-state index < -0.39 is 10.0 Å². The molecule has 2 amide bonds. The Kier molecular flexibility index (Phi) is 5.67. The maximum atomic E-state index is 12.7. The van der Waals surface area contributed by atoms with Crippen LogP contribution in [0.5, 0.6) is 5.75 Å². The van der Waals surface area contributed by atoms with Gasteiger partial charge in [-0.05, 0) is 43.2 Å². The summed E-state index contributed by atoms with van der Waals surface area (Å²) in [7, 11) is -2.13. The van der Waals surface area contributed by atoms with Crippen molar-refractivity contribution in [3.8, 4) is 5.75 Å². The molecule has 0 bridgehead atoms. The number of carbonyl (C=O) groups is 1. The van der Waals surface area contributed by atoms with Crippen LogP contribution in [-0.4, -0.2) is 34.6 Å². The third-order valence-corrected chi connectivity index (χ3v) is 5.87. The van der Waals surface area contributed by atoms with Gasteiger partial charge in [-0.1, -0.05) is 18.2 Å². The summed E-state index contributed by atoms with van der Waals surface area (Å²) >= 11 is 0. The number of ether oxygens (including phenoxy) is 1. The van der Waals surface area contributed by atoms with Crippen molar-refractivity contribution < 1.29 is 17.9 Å². The van der Waals surface area contributed by atoms with E-state index in [1.165, 1.54) is 6.07 Å². The topological polar surface area (TPSA) is 87.7 Å². The van der Waals surface area contributed by atoms with Gasteiger partial charge in [0, 0.05) is 30.9 Å². The average molecular weight is 389 g/mol. The molecule has 2 aromatic rings. The average Bonchev–Trinajstić information content (AvgIpc) is 3.10. The van der Waals surface area contributed by atoms with Crippen LogP contribution in [0.4, 0.5) is 10.5 Å². The first kappa shape index (κ1) is 19.2. The molecule has 0 atom stereocenters. The number of para-hydroxylation sites is 1. The van der Waals surface area contributed by atoms with Crippen molar-refractivity contribution in [2.45, 2.75) is 24.8 Å². The quantitative estimate of drug-likeness (QED) is 0.793. The molecule has 0 unspecified atom stereocenters. The van der Waals surface area contributed by atoms with Crippen LogP contribution in [0.3, 0.4) is 0 Å². The van der Waals surface area contributed by atoms with Gasteiger partial charge >= 0.3 is 6.03 Å². The summed E-state index contributed by atoms with van der Waals surface area (Å²) in [5.41, 5.74) is 2.36. The van der Waals surface area contributed by atoms with Gasteiger partial charge in [-0.2, -0.15) is 0 Å². The Hall–Kier alpha value is -2.58. The van der Waals surface area contributed by atoms with Crippen molar-refractivity contribution >= 4 is 21.7 Å². The molecule has 0 saturated carbocycles. The predicted octanol–water partition coefficient (Wildman–Crippen LogP) is 2.27. The second-order valence-corrected chi connectivity index (χ2v) is 7.93. The zero-order valence-corrected chi connectivity index (χ0v) is 16.2. The molecule has 0 radical (unpaired) electrons. The van der Waals surface area contributed by atoms with Gasteiger partial charge in [0.1, 0.15) is 5.75 Å². The number of nitrogens with zero attached hydrogens (tertiary/aromatic N) is 1. The highest BCUT2D eigenvalue weighted by Gasteiger charge is 2.26. The maximum absolute atomic E-state index is 12.7. The molecule has 0 fully saturated rings. The van der Waals surface area contributed by atoms with Crippen LogP contribution in [0, 0.1) is 0 Å². The van der Waals surface area contributed by atoms with Crippen LogP contribution in [0.2, 0.25) is 0 Å². The first-order chi connectivity index (χ1) is 13.0. The fourth-order valence-electron chi connectivity index (χ4n) is 3.11. The van der Waals surface area contributed by atoms with Crippen molar-refractivity contribution in [2.24, 2.45) is 0 Å². The second kappa shape index (κ2) is 7.98. The van der Waals surface area contributed by atoms with E-state index in [9.17, 15) is 13.2 Å². The van der Waals surface area contributed by atoms with E-state index in [1.807, 2.05) is 25.1 Å². The summed E-state index contributed by atoms with van der Waals surface area (Å²) in [6.07, 6.45) is 0.627. The standard InChI is InChI=1S/C19H23N3O4S/c1-3-20-19(23)22-11-10-14-12-16(8-9-17(14)22)27(24,25)21-13-15-6-4-5-7-18(15)26-2/h4-9,12,21H,3,10-11,13H2,1-2H3,(H,20,23). The van der Waals surface area contributed by atoms with E-state index >= 15 is 0 Å². The molecule has 2 aromatic carbocycles. The highest BCUT2D eigenvalue weighted by Crippen LogP contribution is 2.30. The Bertz CT molecular complexity index is 944. The predicted molar refractivity (Wildman–Crippen MR) is 104 cm³/mol. The molecule has 0 saturated heterocycles. The third kappa shape index (κ3) is 4.06. The first-order valence-corrected chi connectivity index (χ1v) is 10.2. The second-order valence-electron chi connectivity index (χ2n) is 6.16. The zero-order valence-electron chi connectivity index (χ0n) is 15.4. The molecule has 0 aromatic heterocycles. The number of benzene rings is 2. The molecule has 7 nitrogen and oxygen atoms in total. The van der Waals surface area contributed by atoms with E-state index in [-0.39, 0.29) is 17.5 Å². The number of hydrogen-bond donors (Lipinski definition) is 2. The molecule has 2 N–H and O–H groups in total. The number of carbonyl (C=O) groups excluding carboxylic acids is 1. The molecule has 1 heterocycles. The lowest BCUT2D eigenvalue weighted by Crippen LogP contribution is -2.38. The number of methoxy groups -OCH3 is 1. The fourth-order valence-corrected chi connectivity index (χ4v) is 4.16. The summed E-state index contributed by atoms with van der Waals surface area (Å²) in [6.45, 7) is 3.08. The molecule has 0 spiro atoms. The Morgan fingerprint density at radius 2 is 2.00 bits per heavy atom. The number of sulfonamides is 1. The van der Waals surface area contributed by atoms with Gasteiger partial charge in [-0.25, -0.2) is 17.9 Å². The summed E-state index contributed by atoms with van der Waals surface area (Å²) in [5, 5.41) is 2.77. The number of nitrogens with one attached hydrogen (secondary N) is 2. The summed E-state index contributed by atoms with van der Waals surface area (Å²) < 4.78 is 33.2. The van der Waals surface area contributed by atoms with Gasteiger partial charge < -0.3 is 10.1 Å². The molecule has 27 heavy (non-hydrogen) atoms. The molecular formula is C19H23N3O4S. The molecule has 1 aliphatic heterocycles. The van der Waals surface area contributed by atoms with E-state index in [2.05, 4.69) is 10.0 Å². The minimum atomic E-state index is -3.68. The number of amides is 2. The number of urea groups is 1. The number of hydrogen-bond acceptors (Lipinski definition) is 4. The lowest BCUT2D eigenvalue weighted by Gasteiger charge is -2.17. The van der Waals surface area contributed by atoms with Crippen LogP contribution in [0.15, 0.2) is 47.4 Å². The van der Waals surface area contributed by atoms with Gasteiger partial charge in [0.25, 0.3) is 0 Å². The van der Waals surface area contributed by atoms with Crippen LogP contribution < -0.4 is 19.7 Å². The van der Waals surface area contributed by atoms with Gasteiger partial charge in [-0.15, -0.1) is 0 Å². The normalized spacial score (nSPS) is 13.3. The van der Waals surface area contributed by atoms with E-state index in [4.69, 9.17) is 4.74 Å². The minimum Gasteiger partial charge on any atom is -0.496 e. The minimum absolute atomic E-state index is 0.133. The number of fused-ring (bicyclic) bond motifs is 1. The zero-order chi connectivity index (χ0) is 19.4. The SMILES string of the molecule is CCNC(=O)N1CCc2cc(S(=O)(=O)NCc3ccccc3OC)ccc21. The van der Waals surface area contributed by atoms with Crippen molar-refractivity contribution in [3.63, 3.8) is 0 Å². The molecular weight excluding hydrogens is 366 g/mol. The van der Waals surface area contributed by atoms with Gasteiger partial charge in [0.15, 0.2) is 0 Å². The highest BCUT2D eigenvalue weighted by atomic mass is 32.2. The third-order valence-electron chi connectivity index (χ3n) is 4.48. The van der Waals surface area contributed by atoms with Gasteiger partial charge in [0.05, 0.1) is 12.0 Å². The van der Waals surface area contributed by atoms with Crippen LogP contribution in [-0.2, 0) is 23.0 Å². The summed E-state index contributed by atoms with van der Waals surface area (Å²) in [4.78, 5) is 13.9. The molecule has 1 aliphatic rings. The number of rotatable bonds is 6. The Labute approximate surface area is 159 Å². The summed E-state index contributed by atoms with van der Waals surface area (Å²) in [5.74, 6) is 0.631. The van der Waals surface area contributed by atoms with Crippen LogP contribution in [0.25, 0.3) is 0 Å². The monoisotopic (exact) mass is 389 g/mol. The van der Waals surface area contributed by atoms with Crippen LogP contribution >= 0.6 is 0 Å². The van der Waals surface area contributed by atoms with Crippen molar-refractivity contribution in [2.75, 3.05) is 25.1 Å². The molecule has 0 aliphatic carbocycles. The molecule has 3 rings (SSSR count). The van der Waals surface area contributed by atoms with Gasteiger partial charge in [0.2, 0.25) is 10.0 Å². The smallest absolute Gasteiger partial charge is 0.321 e. The largest absolute Gasteiger partial charge is 0.496 e. The fraction of sp³-hybridized carbons (Fsp3) is 0.316. The Morgan fingerprint density at radius 3 is 2.74 bits per heavy atom. The van der Waals surface area contributed by atoms with Crippen LogP contribution in [0.1, 0.15) is 18.1 Å². The van der Waals surface area contributed by atoms with E-state index in [0.29, 0.717) is 25.3 Å². The van der Waals surface area contributed by atoms with Crippen molar-refractivity contribution in [1.29, 1.82) is 0 Å². The molecule has 144 valence electrons. The van der Waals surface area contributed by atoms with E-state index in [1.54, 1.807) is 30.2 Å². The Morgan fingerprint density at radius 1 is 1.22 bits per heavy atom. The maximum Gasteiger partial charge on any atom is 0.321 e. The van der Waals surface area contributed by atoms with Gasteiger partial charge in [-0.3, -0.25) is 4.90 Å². The summed E-state index contributed by atoms with van der Waals surface area (Å²) in [6, 6.07) is 12.0. The highest BCUT2D eigenvalue weighted by molar-refractivity contribution is 7.89.